The minimum Gasteiger partial charge on any atom is -0.495 e. The van der Waals surface area contributed by atoms with Crippen LogP contribution in [0.5, 0.6) is 5.75 Å². The lowest BCUT2D eigenvalue weighted by atomic mass is 10.0. The molecule has 0 unspecified atom stereocenters. The number of alkyl halides is 4. The molecule has 210 valence electrons. The average molecular weight is 583 g/mol. The maximum atomic E-state index is 14.7. The van der Waals surface area contributed by atoms with Gasteiger partial charge < -0.3 is 20.3 Å². The first-order valence-corrected chi connectivity index (χ1v) is 15.0. The van der Waals surface area contributed by atoms with Gasteiger partial charge in [-0.15, -0.1) is 11.3 Å². The van der Waals surface area contributed by atoms with Crippen LogP contribution in [0.15, 0.2) is 41.3 Å². The van der Waals surface area contributed by atoms with Crippen molar-refractivity contribution in [1.82, 2.24) is 4.90 Å². The summed E-state index contributed by atoms with van der Waals surface area (Å²) in [6, 6.07) is 9.37. The fourth-order valence-corrected chi connectivity index (χ4v) is 6.33. The molecule has 1 aromatic heterocycles. The van der Waals surface area contributed by atoms with Crippen LogP contribution in [0.2, 0.25) is 0 Å². The lowest BCUT2D eigenvalue weighted by Crippen LogP contribution is -2.46. The largest absolute Gasteiger partial charge is 0.495 e. The molecule has 3 aromatic rings. The lowest BCUT2D eigenvalue weighted by molar-refractivity contribution is -0.126. The van der Waals surface area contributed by atoms with Gasteiger partial charge in [-0.1, -0.05) is 24.0 Å². The number of likely N-dealkylation sites (tertiary alicyclic amines) is 1. The smallest absolute Gasteiger partial charge is 0.393 e. The van der Waals surface area contributed by atoms with Crippen molar-refractivity contribution in [2.75, 3.05) is 50.7 Å². The molecule has 2 aromatic carbocycles. The van der Waals surface area contributed by atoms with Crippen molar-refractivity contribution in [3.63, 3.8) is 0 Å². The van der Waals surface area contributed by atoms with Crippen LogP contribution >= 0.6 is 11.3 Å². The van der Waals surface area contributed by atoms with Gasteiger partial charge in [0.1, 0.15) is 11.9 Å². The number of fused-ring (bicyclic) bond motifs is 1. The Morgan fingerprint density at radius 3 is 2.69 bits per heavy atom. The maximum absolute atomic E-state index is 14.7. The first kappa shape index (κ1) is 29.0. The summed E-state index contributed by atoms with van der Waals surface area (Å²) >= 11 is 1.17. The second kappa shape index (κ2) is 11.6. The number of nitrogens with one attached hydrogen (secondary N) is 3. The number of methoxy groups -OCH3 is 1. The molecular weight excluding hydrogens is 552 g/mol. The van der Waals surface area contributed by atoms with E-state index in [1.165, 1.54) is 30.8 Å². The van der Waals surface area contributed by atoms with Gasteiger partial charge in [-0.25, -0.2) is 13.4 Å². The van der Waals surface area contributed by atoms with Crippen LogP contribution in [0, 0.1) is 16.6 Å². The molecular formula is C27H30F4N4O2S2. The van der Waals surface area contributed by atoms with E-state index in [9.17, 15) is 21.8 Å². The molecule has 0 spiro atoms. The number of halogens is 4. The van der Waals surface area contributed by atoms with Crippen molar-refractivity contribution in [2.45, 2.75) is 36.1 Å². The third kappa shape index (κ3) is 7.15. The number of anilines is 2. The molecule has 1 aliphatic rings. The van der Waals surface area contributed by atoms with Crippen molar-refractivity contribution in [2.24, 2.45) is 0 Å². The molecule has 6 nitrogen and oxygen atoms in total. The van der Waals surface area contributed by atoms with E-state index >= 15 is 0 Å². The zero-order valence-electron chi connectivity index (χ0n) is 21.7. The predicted octanol–water partition coefficient (Wildman–Crippen LogP) is 5.97. The van der Waals surface area contributed by atoms with Crippen molar-refractivity contribution in [3.05, 3.63) is 46.8 Å². The van der Waals surface area contributed by atoms with Crippen molar-refractivity contribution in [3.8, 4) is 17.6 Å². The average Bonchev–Trinajstić information content (AvgIpc) is 3.19. The molecule has 0 amide bonds. The molecule has 1 saturated heterocycles. The second-order valence-electron chi connectivity index (χ2n) is 9.56. The molecule has 4 rings (SSSR count). The van der Waals surface area contributed by atoms with Gasteiger partial charge in [0.15, 0.2) is 0 Å². The molecule has 1 aliphatic heterocycles. The molecule has 0 saturated carbocycles. The quantitative estimate of drug-likeness (QED) is 0.237. The van der Waals surface area contributed by atoms with Crippen LogP contribution in [-0.2, 0) is 16.1 Å². The zero-order valence-corrected chi connectivity index (χ0v) is 23.4. The number of benzene rings is 2. The highest BCUT2D eigenvalue weighted by Gasteiger charge is 2.32. The summed E-state index contributed by atoms with van der Waals surface area (Å²) in [4.78, 5) is 2.54. The first-order chi connectivity index (χ1) is 18.4. The standard InChI is InChI=1S/C27H30F4N4O2S2/c1-35-13-11-21(20(28)16-35)34-23-7-4-6-18-19(15-27(29,30)31)25(38-26(18)23)8-5-12-33-22-10-9-17(39(3,32)36)14-24(22)37-2/h4,6-7,9-10,14,20-21,32-34H,11-13,15-16H2,1-3H3/t20-,21+,39-/m0/s1. The van der Waals surface area contributed by atoms with E-state index in [0.717, 1.165) is 6.54 Å². The topological polar surface area (TPSA) is 77.4 Å². The van der Waals surface area contributed by atoms with Crippen LogP contribution in [0.1, 0.15) is 16.9 Å². The van der Waals surface area contributed by atoms with E-state index in [2.05, 4.69) is 22.5 Å². The Balaban J connectivity index is 1.61. The van der Waals surface area contributed by atoms with Crippen LogP contribution in [0.3, 0.4) is 0 Å². The van der Waals surface area contributed by atoms with Crippen molar-refractivity contribution in [1.29, 1.82) is 4.78 Å². The number of nitrogens with zero attached hydrogens (tertiary/aromatic N) is 1. The first-order valence-electron chi connectivity index (χ1n) is 12.2. The van der Waals surface area contributed by atoms with E-state index in [4.69, 9.17) is 9.52 Å². The SMILES string of the molecule is COc1cc([S@@](C)(=N)=O)ccc1NCC#Cc1sc2c(N[C@@H]3CCN(C)C[C@@H]3F)cccc2c1CC(F)(F)F. The van der Waals surface area contributed by atoms with Crippen LogP contribution < -0.4 is 15.4 Å². The van der Waals surface area contributed by atoms with E-state index in [0.29, 0.717) is 49.9 Å². The molecule has 3 atom stereocenters. The molecule has 0 radical (unpaired) electrons. The summed E-state index contributed by atoms with van der Waals surface area (Å²) in [5.74, 6) is 6.17. The van der Waals surface area contributed by atoms with Crippen molar-refractivity contribution >= 4 is 42.5 Å². The summed E-state index contributed by atoms with van der Waals surface area (Å²) in [5, 5.41) is 6.75. The highest BCUT2D eigenvalue weighted by molar-refractivity contribution is 7.91. The highest BCUT2D eigenvalue weighted by atomic mass is 32.2. The Bertz CT molecular complexity index is 1510. The lowest BCUT2D eigenvalue weighted by Gasteiger charge is -2.33. The van der Waals surface area contributed by atoms with Gasteiger partial charge >= 0.3 is 6.18 Å². The molecule has 3 N–H and O–H groups in total. The summed E-state index contributed by atoms with van der Waals surface area (Å²) in [6.07, 6.45) is -4.72. The molecule has 1 fully saturated rings. The highest BCUT2D eigenvalue weighted by Crippen LogP contribution is 2.39. The van der Waals surface area contributed by atoms with Gasteiger partial charge in [0.25, 0.3) is 0 Å². The van der Waals surface area contributed by atoms with E-state index in [-0.39, 0.29) is 12.1 Å². The third-order valence-electron chi connectivity index (χ3n) is 6.47. The number of ether oxygens (including phenoxy) is 1. The second-order valence-corrected chi connectivity index (χ2v) is 12.7. The number of thiophene rings is 1. The Morgan fingerprint density at radius 1 is 1.26 bits per heavy atom. The summed E-state index contributed by atoms with van der Waals surface area (Å²) in [7, 11) is 0.385. The Morgan fingerprint density at radius 2 is 2.03 bits per heavy atom. The van der Waals surface area contributed by atoms with Gasteiger partial charge in [-0.2, -0.15) is 13.2 Å². The fraction of sp³-hybridized carbons (Fsp3) is 0.407. The van der Waals surface area contributed by atoms with Crippen LogP contribution in [0.4, 0.5) is 28.9 Å². The molecule has 2 heterocycles. The molecule has 0 bridgehead atoms. The van der Waals surface area contributed by atoms with E-state index in [1.807, 2.05) is 11.9 Å². The number of rotatable bonds is 7. The maximum Gasteiger partial charge on any atom is 0.393 e. The Labute approximate surface area is 229 Å². The summed E-state index contributed by atoms with van der Waals surface area (Å²) in [6.45, 7) is 1.15. The number of hydrogen-bond donors (Lipinski definition) is 3. The van der Waals surface area contributed by atoms with Gasteiger partial charge in [0.2, 0.25) is 0 Å². The Kier molecular flexibility index (Phi) is 8.63. The molecule has 0 aliphatic carbocycles. The normalized spacial score (nSPS) is 19.7. The third-order valence-corrected chi connectivity index (χ3v) is 8.82. The van der Waals surface area contributed by atoms with Crippen LogP contribution in [0.25, 0.3) is 10.1 Å². The van der Waals surface area contributed by atoms with E-state index < -0.39 is 34.5 Å². The minimum absolute atomic E-state index is 0.105. The molecule has 12 heteroatoms. The van der Waals surface area contributed by atoms with Gasteiger partial charge in [-0.05, 0) is 48.7 Å². The monoisotopic (exact) mass is 582 g/mol. The van der Waals surface area contributed by atoms with E-state index in [1.54, 1.807) is 30.3 Å². The number of hydrogen-bond acceptors (Lipinski definition) is 7. The fourth-order valence-electron chi connectivity index (χ4n) is 4.50. The summed E-state index contributed by atoms with van der Waals surface area (Å²) < 4.78 is 80.9. The predicted molar refractivity (Wildman–Crippen MR) is 149 cm³/mol. The number of piperidine rings is 1. The Hall–Kier alpha value is -3.01. The molecule has 39 heavy (non-hydrogen) atoms. The van der Waals surface area contributed by atoms with Gasteiger partial charge in [0, 0.05) is 19.3 Å². The van der Waals surface area contributed by atoms with Crippen LogP contribution in [-0.4, -0.2) is 67.5 Å². The zero-order chi connectivity index (χ0) is 28.4. The van der Waals surface area contributed by atoms with Crippen molar-refractivity contribution < 1.29 is 26.5 Å². The van der Waals surface area contributed by atoms with Gasteiger partial charge in [0.05, 0.1) is 61.7 Å². The minimum atomic E-state index is -4.42. The van der Waals surface area contributed by atoms with Gasteiger partial charge in [-0.3, -0.25) is 0 Å². The summed E-state index contributed by atoms with van der Waals surface area (Å²) in [5.41, 5.74) is 1.27.